The number of aryl methyl sites for hydroxylation is 1. The molecular formula is C18H22N6O3S. The van der Waals surface area contributed by atoms with Gasteiger partial charge in [-0.2, -0.15) is 9.40 Å². The molecule has 9 nitrogen and oxygen atoms in total. The molecule has 0 bridgehead atoms. The highest BCUT2D eigenvalue weighted by atomic mass is 32.2. The van der Waals surface area contributed by atoms with Gasteiger partial charge in [0.1, 0.15) is 5.82 Å². The second-order valence-corrected chi connectivity index (χ2v) is 8.94. The number of nitrogens with one attached hydrogen (secondary N) is 2. The number of sulfonamides is 1. The van der Waals surface area contributed by atoms with Crippen molar-refractivity contribution in [2.24, 2.45) is 0 Å². The summed E-state index contributed by atoms with van der Waals surface area (Å²) in [5, 5.41) is 9.50. The van der Waals surface area contributed by atoms with Gasteiger partial charge < -0.3 is 10.2 Å². The summed E-state index contributed by atoms with van der Waals surface area (Å²) in [5.74, 6) is 0.579. The summed E-state index contributed by atoms with van der Waals surface area (Å²) in [6.07, 6.45) is 2.28. The molecule has 2 aliphatic rings. The summed E-state index contributed by atoms with van der Waals surface area (Å²) in [7, 11) is -1.77. The van der Waals surface area contributed by atoms with Crippen molar-refractivity contribution < 1.29 is 13.2 Å². The summed E-state index contributed by atoms with van der Waals surface area (Å²) < 4.78 is 28.3. The molecule has 1 aromatic heterocycles. The fourth-order valence-electron chi connectivity index (χ4n) is 3.52. The predicted octanol–water partition coefficient (Wildman–Crippen LogP) is 0.932. The van der Waals surface area contributed by atoms with E-state index in [1.54, 1.807) is 25.1 Å². The van der Waals surface area contributed by atoms with Crippen LogP contribution >= 0.6 is 0 Å². The minimum Gasteiger partial charge on any atom is -0.321 e. The van der Waals surface area contributed by atoms with Crippen molar-refractivity contribution in [3.05, 3.63) is 35.4 Å². The number of hydrogen-bond acceptors (Lipinski definition) is 6. The van der Waals surface area contributed by atoms with Crippen LogP contribution in [0.25, 0.3) is 11.6 Å². The summed E-state index contributed by atoms with van der Waals surface area (Å²) in [4.78, 5) is 19.0. The van der Waals surface area contributed by atoms with Gasteiger partial charge in [0.05, 0.1) is 16.2 Å². The highest BCUT2D eigenvalue weighted by molar-refractivity contribution is 7.89. The Hall–Kier alpha value is -2.56. The predicted molar refractivity (Wildman–Crippen MR) is 105 cm³/mol. The number of nitrogens with zero attached hydrogens (tertiary/aromatic N) is 4. The normalized spacial score (nSPS) is 20.2. The molecule has 2 aromatic rings. The van der Waals surface area contributed by atoms with Crippen LogP contribution in [0.15, 0.2) is 23.1 Å². The minimum atomic E-state index is -3.75. The Balaban J connectivity index is 1.79. The van der Waals surface area contributed by atoms with Crippen molar-refractivity contribution in [3.63, 3.8) is 0 Å². The van der Waals surface area contributed by atoms with Gasteiger partial charge in [0.15, 0.2) is 5.82 Å². The number of aromatic amines is 1. The number of carbonyl (C=O) groups is 1. The largest absolute Gasteiger partial charge is 0.321 e. The molecule has 1 saturated heterocycles. The maximum absolute atomic E-state index is 13.4. The summed E-state index contributed by atoms with van der Waals surface area (Å²) in [5.41, 5.74) is 1.11. The summed E-state index contributed by atoms with van der Waals surface area (Å²) in [6.45, 7) is 4.16. The average Bonchev–Trinajstić information content (AvgIpc) is 3.11. The van der Waals surface area contributed by atoms with Gasteiger partial charge in [-0.15, -0.1) is 0 Å². The Kier molecular flexibility index (Phi) is 4.77. The van der Waals surface area contributed by atoms with Crippen LogP contribution in [0.5, 0.6) is 0 Å². The van der Waals surface area contributed by atoms with Crippen LogP contribution in [0.3, 0.4) is 0 Å². The average molecular weight is 402 g/mol. The highest BCUT2D eigenvalue weighted by Gasteiger charge is 2.35. The number of H-pyrrole nitrogens is 1. The maximum Gasteiger partial charge on any atom is 0.256 e. The molecule has 2 N–H and O–H groups in total. The van der Waals surface area contributed by atoms with E-state index < -0.39 is 10.0 Å². The Labute approximate surface area is 163 Å². The lowest BCUT2D eigenvalue weighted by molar-refractivity contribution is -0.110. The van der Waals surface area contributed by atoms with Crippen LogP contribution in [0, 0.1) is 6.92 Å². The first kappa shape index (κ1) is 18.8. The van der Waals surface area contributed by atoms with Crippen LogP contribution in [-0.4, -0.2) is 71.9 Å². The Morgan fingerprint density at radius 1 is 1.18 bits per heavy atom. The molecule has 0 atom stereocenters. The van der Waals surface area contributed by atoms with Gasteiger partial charge >= 0.3 is 0 Å². The van der Waals surface area contributed by atoms with Gasteiger partial charge in [-0.3, -0.25) is 9.89 Å². The van der Waals surface area contributed by atoms with Crippen molar-refractivity contribution >= 4 is 33.3 Å². The van der Waals surface area contributed by atoms with E-state index >= 15 is 0 Å². The molecule has 1 aromatic carbocycles. The van der Waals surface area contributed by atoms with Gasteiger partial charge in [-0.05, 0) is 45.1 Å². The van der Waals surface area contributed by atoms with Gasteiger partial charge in [-0.25, -0.2) is 13.4 Å². The van der Waals surface area contributed by atoms with E-state index in [9.17, 15) is 13.2 Å². The van der Waals surface area contributed by atoms with Crippen LogP contribution < -0.4 is 5.32 Å². The smallest absolute Gasteiger partial charge is 0.256 e. The third-order valence-corrected chi connectivity index (χ3v) is 6.91. The number of fused-ring (bicyclic) bond motifs is 1. The number of hydrogen-bond donors (Lipinski definition) is 2. The topological polar surface area (TPSA) is 111 Å². The second kappa shape index (κ2) is 7.12. The Morgan fingerprint density at radius 3 is 2.75 bits per heavy atom. The number of rotatable bonds is 3. The van der Waals surface area contributed by atoms with E-state index in [0.717, 1.165) is 13.0 Å². The zero-order chi connectivity index (χ0) is 19.9. The van der Waals surface area contributed by atoms with Crippen molar-refractivity contribution in [1.29, 1.82) is 0 Å². The van der Waals surface area contributed by atoms with E-state index in [1.807, 2.05) is 7.05 Å². The third kappa shape index (κ3) is 3.34. The Bertz CT molecular complexity index is 1060. The SMILES string of the molecule is Cc1nc(/C=C2\C(=O)Nc3cccc(S(=O)(=O)N4CCCN(C)CC4)c32)n[nH]1. The minimum absolute atomic E-state index is 0.131. The molecule has 4 rings (SSSR count). The lowest BCUT2D eigenvalue weighted by Gasteiger charge is -2.21. The molecule has 2 aliphatic heterocycles. The molecule has 0 spiro atoms. The molecule has 0 saturated carbocycles. The molecule has 10 heteroatoms. The van der Waals surface area contributed by atoms with E-state index in [0.29, 0.717) is 42.5 Å². The first-order chi connectivity index (χ1) is 13.4. The van der Waals surface area contributed by atoms with Crippen molar-refractivity contribution in [1.82, 2.24) is 24.4 Å². The number of benzene rings is 1. The van der Waals surface area contributed by atoms with Gasteiger partial charge in [-0.1, -0.05) is 6.07 Å². The molecule has 0 radical (unpaired) electrons. The number of amides is 1. The molecule has 1 fully saturated rings. The van der Waals surface area contributed by atoms with E-state index in [4.69, 9.17) is 0 Å². The van der Waals surface area contributed by atoms with E-state index in [1.165, 1.54) is 10.4 Å². The van der Waals surface area contributed by atoms with Gasteiger partial charge in [0.25, 0.3) is 5.91 Å². The Morgan fingerprint density at radius 2 is 2.00 bits per heavy atom. The summed E-state index contributed by atoms with van der Waals surface area (Å²) in [6, 6.07) is 4.91. The standard InChI is InChI=1S/C18H22N6O3S/c1-12-19-16(22-21-12)11-13-17-14(20-18(13)25)5-3-6-15(17)28(26,27)24-8-4-7-23(2)9-10-24/h3,5-6,11H,4,7-10H2,1-2H3,(H,20,25)(H,19,21,22)/b13-11-. The first-order valence-corrected chi connectivity index (χ1v) is 10.5. The van der Waals surface area contributed by atoms with E-state index in [-0.39, 0.29) is 16.4 Å². The second-order valence-electron chi connectivity index (χ2n) is 7.03. The van der Waals surface area contributed by atoms with Crippen LogP contribution in [-0.2, 0) is 14.8 Å². The van der Waals surface area contributed by atoms with Crippen LogP contribution in [0.4, 0.5) is 5.69 Å². The zero-order valence-electron chi connectivity index (χ0n) is 15.8. The lowest BCUT2D eigenvalue weighted by atomic mass is 10.1. The van der Waals surface area contributed by atoms with E-state index in [2.05, 4.69) is 25.4 Å². The molecule has 3 heterocycles. The van der Waals surface area contributed by atoms with Crippen LogP contribution in [0.1, 0.15) is 23.6 Å². The first-order valence-electron chi connectivity index (χ1n) is 9.10. The number of likely N-dealkylation sites (N-methyl/N-ethyl adjacent to an activating group) is 1. The zero-order valence-corrected chi connectivity index (χ0v) is 16.6. The molecular weight excluding hydrogens is 380 g/mol. The number of carbonyl (C=O) groups excluding carboxylic acids is 1. The third-order valence-electron chi connectivity index (χ3n) is 4.97. The molecule has 28 heavy (non-hydrogen) atoms. The summed E-state index contributed by atoms with van der Waals surface area (Å²) >= 11 is 0. The van der Waals surface area contributed by atoms with Crippen LogP contribution in [0.2, 0.25) is 0 Å². The van der Waals surface area contributed by atoms with Gasteiger partial charge in [0, 0.05) is 25.2 Å². The van der Waals surface area contributed by atoms with Gasteiger partial charge in [0.2, 0.25) is 10.0 Å². The fraction of sp³-hybridized carbons (Fsp3) is 0.389. The van der Waals surface area contributed by atoms with Crippen molar-refractivity contribution in [2.75, 3.05) is 38.5 Å². The number of anilines is 1. The molecule has 148 valence electrons. The quantitative estimate of drug-likeness (QED) is 0.739. The fourth-order valence-corrected chi connectivity index (χ4v) is 5.22. The monoisotopic (exact) mass is 402 g/mol. The lowest BCUT2D eigenvalue weighted by Crippen LogP contribution is -2.34. The maximum atomic E-state index is 13.4. The number of aromatic nitrogens is 3. The highest BCUT2D eigenvalue weighted by Crippen LogP contribution is 2.38. The molecule has 1 amide bonds. The molecule has 0 unspecified atom stereocenters. The van der Waals surface area contributed by atoms with Crippen molar-refractivity contribution in [2.45, 2.75) is 18.2 Å². The van der Waals surface area contributed by atoms with Crippen molar-refractivity contribution in [3.8, 4) is 0 Å². The molecule has 0 aliphatic carbocycles.